The number of benzene rings is 1. The van der Waals surface area contributed by atoms with E-state index in [1.807, 2.05) is 0 Å². The summed E-state index contributed by atoms with van der Waals surface area (Å²) in [7, 11) is -6.70. The van der Waals surface area contributed by atoms with Gasteiger partial charge in [0.2, 0.25) is 20.0 Å². The lowest BCUT2D eigenvalue weighted by Crippen LogP contribution is -2.46. The third kappa shape index (κ3) is 4.37. The van der Waals surface area contributed by atoms with Crippen LogP contribution >= 0.6 is 0 Å². The van der Waals surface area contributed by atoms with Crippen molar-refractivity contribution in [3.63, 3.8) is 0 Å². The Bertz CT molecular complexity index is 1100. The van der Waals surface area contributed by atoms with E-state index < -0.39 is 20.0 Å². The molecule has 0 unspecified atom stereocenters. The number of piperidine rings is 1. The fourth-order valence-corrected chi connectivity index (χ4v) is 6.23. The molecule has 2 aromatic rings. The average molecular weight is 442 g/mol. The van der Waals surface area contributed by atoms with Crippen LogP contribution in [0.25, 0.3) is 0 Å². The zero-order valence-electron chi connectivity index (χ0n) is 16.1. The maximum atomic E-state index is 13.1. The van der Waals surface area contributed by atoms with Crippen molar-refractivity contribution in [1.82, 2.24) is 14.3 Å². The molecule has 0 aliphatic carbocycles. The number of aryl methyl sites for hydroxylation is 1. The summed E-state index contributed by atoms with van der Waals surface area (Å²) in [5, 5.41) is 2.86. The van der Waals surface area contributed by atoms with Crippen LogP contribution in [-0.4, -0.2) is 53.2 Å². The quantitative estimate of drug-likeness (QED) is 0.691. The zero-order chi connectivity index (χ0) is 21.2. The second-order valence-corrected chi connectivity index (χ2v) is 10.5. The molecule has 158 valence electrons. The number of nitrogens with zero attached hydrogens (tertiary/aromatic N) is 1. The van der Waals surface area contributed by atoms with Gasteiger partial charge < -0.3 is 9.73 Å². The monoisotopic (exact) mass is 441 g/mol. The highest BCUT2D eigenvalue weighted by Crippen LogP contribution is 2.26. The molecule has 3 rings (SSSR count). The van der Waals surface area contributed by atoms with Crippen molar-refractivity contribution < 1.29 is 26.0 Å². The molecule has 0 saturated carbocycles. The normalized spacial score (nSPS) is 16.6. The fraction of sp³-hybridized carbons (Fsp3) is 0.389. The number of carbonyl (C=O) groups excluding carboxylic acids is 1. The number of hydrogen-bond donors (Lipinski definition) is 2. The van der Waals surface area contributed by atoms with Gasteiger partial charge in [0.15, 0.2) is 5.76 Å². The van der Waals surface area contributed by atoms with E-state index in [9.17, 15) is 21.6 Å². The van der Waals surface area contributed by atoms with Gasteiger partial charge in [-0.1, -0.05) is 12.1 Å². The van der Waals surface area contributed by atoms with Crippen LogP contribution in [-0.2, 0) is 20.0 Å². The van der Waals surface area contributed by atoms with Gasteiger partial charge in [-0.3, -0.25) is 4.79 Å². The highest BCUT2D eigenvalue weighted by molar-refractivity contribution is 7.92. The van der Waals surface area contributed by atoms with Gasteiger partial charge in [-0.2, -0.15) is 4.31 Å². The molecule has 2 heterocycles. The number of sulfonamides is 2. The van der Waals surface area contributed by atoms with Crippen molar-refractivity contribution in [3.05, 3.63) is 47.9 Å². The van der Waals surface area contributed by atoms with Gasteiger partial charge in [-0.15, -0.1) is 0 Å². The summed E-state index contributed by atoms with van der Waals surface area (Å²) < 4.78 is 59.1. The van der Waals surface area contributed by atoms with Gasteiger partial charge >= 0.3 is 0 Å². The number of amides is 1. The Labute approximate surface area is 170 Å². The fourth-order valence-electron chi connectivity index (χ4n) is 3.23. The van der Waals surface area contributed by atoms with Crippen LogP contribution in [0.2, 0.25) is 0 Å². The second-order valence-electron chi connectivity index (χ2n) is 6.74. The van der Waals surface area contributed by atoms with Crippen LogP contribution in [0.4, 0.5) is 0 Å². The minimum absolute atomic E-state index is 0.165. The Hall–Kier alpha value is -2.21. The number of nitrogens with one attached hydrogen (secondary N) is 2. The predicted octanol–water partition coefficient (Wildman–Crippen LogP) is 1.08. The predicted molar refractivity (Wildman–Crippen MR) is 105 cm³/mol. The van der Waals surface area contributed by atoms with E-state index >= 15 is 0 Å². The molecule has 1 aromatic carbocycles. The van der Waals surface area contributed by atoms with Gasteiger partial charge in [-0.25, -0.2) is 21.6 Å². The maximum Gasteiger partial charge on any atom is 0.287 e. The molecular weight excluding hydrogens is 418 g/mol. The largest absolute Gasteiger partial charge is 0.459 e. The Kier molecular flexibility index (Phi) is 6.13. The summed E-state index contributed by atoms with van der Waals surface area (Å²) in [6, 6.07) is 7.00. The molecule has 1 aromatic heterocycles. The van der Waals surface area contributed by atoms with Crippen molar-refractivity contribution in [2.24, 2.45) is 0 Å². The molecule has 0 radical (unpaired) electrons. The van der Waals surface area contributed by atoms with E-state index in [4.69, 9.17) is 4.42 Å². The van der Waals surface area contributed by atoms with Crippen LogP contribution in [0.1, 0.15) is 29.0 Å². The molecular formula is C18H23N3O6S2. The van der Waals surface area contributed by atoms with Crippen molar-refractivity contribution in [2.45, 2.75) is 35.6 Å². The van der Waals surface area contributed by atoms with Crippen molar-refractivity contribution in [1.29, 1.82) is 0 Å². The first-order chi connectivity index (χ1) is 13.7. The summed E-state index contributed by atoms with van der Waals surface area (Å²) in [5.41, 5.74) is 0.727. The summed E-state index contributed by atoms with van der Waals surface area (Å²) in [5.74, 6) is -0.0921. The minimum atomic E-state index is -4.00. The van der Waals surface area contributed by atoms with Gasteiger partial charge in [0, 0.05) is 24.7 Å². The summed E-state index contributed by atoms with van der Waals surface area (Å²) in [6.07, 6.45) is 2.26. The third-order valence-electron chi connectivity index (χ3n) is 4.88. The van der Waals surface area contributed by atoms with Crippen molar-refractivity contribution in [3.8, 4) is 0 Å². The third-order valence-corrected chi connectivity index (χ3v) is 8.44. The SMILES string of the molecule is CNS(=O)(=O)c1ccccc1S(=O)(=O)N1CCC(NC(=O)c2occc2C)CC1. The molecule has 0 spiro atoms. The van der Waals surface area contributed by atoms with Gasteiger partial charge in [0.05, 0.1) is 6.26 Å². The van der Waals surface area contributed by atoms with Crippen LogP contribution in [0.5, 0.6) is 0 Å². The number of carbonyl (C=O) groups is 1. The zero-order valence-corrected chi connectivity index (χ0v) is 17.7. The standard InChI is InChI=1S/C18H23N3O6S2/c1-13-9-12-27-17(13)18(22)20-14-7-10-21(11-8-14)29(25,26)16-6-4-3-5-15(16)28(23,24)19-2/h3-6,9,12,14,19H,7-8,10-11H2,1-2H3,(H,20,22). The van der Waals surface area contributed by atoms with Crippen molar-refractivity contribution >= 4 is 26.0 Å². The highest BCUT2D eigenvalue weighted by Gasteiger charge is 2.34. The first-order valence-corrected chi connectivity index (χ1v) is 12.0. The highest BCUT2D eigenvalue weighted by atomic mass is 32.2. The first kappa shape index (κ1) is 21.5. The lowest BCUT2D eigenvalue weighted by Gasteiger charge is -2.31. The Balaban J connectivity index is 1.73. The molecule has 29 heavy (non-hydrogen) atoms. The molecule has 0 atom stereocenters. The van der Waals surface area contributed by atoms with Crippen LogP contribution in [0, 0.1) is 6.92 Å². The van der Waals surface area contributed by atoms with E-state index in [-0.39, 0.29) is 40.6 Å². The van der Waals surface area contributed by atoms with E-state index in [1.54, 1.807) is 13.0 Å². The van der Waals surface area contributed by atoms with Crippen molar-refractivity contribution in [2.75, 3.05) is 20.1 Å². The van der Waals surface area contributed by atoms with Crippen LogP contribution < -0.4 is 10.0 Å². The summed E-state index contributed by atoms with van der Waals surface area (Å²) >= 11 is 0. The second kappa shape index (κ2) is 8.27. The molecule has 11 heteroatoms. The molecule has 0 bridgehead atoms. The van der Waals surface area contributed by atoms with E-state index in [2.05, 4.69) is 10.0 Å². The van der Waals surface area contributed by atoms with Crippen LogP contribution in [0.15, 0.2) is 50.8 Å². The molecule has 1 saturated heterocycles. The lowest BCUT2D eigenvalue weighted by molar-refractivity contribution is 0.0894. The molecule has 2 N–H and O–H groups in total. The molecule has 1 amide bonds. The van der Waals surface area contributed by atoms with E-state index in [0.29, 0.717) is 12.8 Å². The van der Waals surface area contributed by atoms with E-state index in [1.165, 1.54) is 41.9 Å². The average Bonchev–Trinajstić information content (AvgIpc) is 3.14. The summed E-state index contributed by atoms with van der Waals surface area (Å²) in [6.45, 7) is 2.10. The summed E-state index contributed by atoms with van der Waals surface area (Å²) in [4.78, 5) is 11.7. The lowest BCUT2D eigenvalue weighted by atomic mass is 10.1. The van der Waals surface area contributed by atoms with Gasteiger partial charge in [0.1, 0.15) is 9.79 Å². The minimum Gasteiger partial charge on any atom is -0.459 e. The molecule has 1 aliphatic rings. The van der Waals surface area contributed by atoms with Gasteiger partial charge in [-0.05, 0) is 45.0 Å². The Morgan fingerprint density at radius 1 is 1.07 bits per heavy atom. The maximum absolute atomic E-state index is 13.1. The first-order valence-electron chi connectivity index (χ1n) is 9.04. The topological polar surface area (TPSA) is 126 Å². The number of hydrogen-bond acceptors (Lipinski definition) is 6. The van der Waals surface area contributed by atoms with Gasteiger partial charge in [0.25, 0.3) is 5.91 Å². The molecule has 1 fully saturated rings. The number of rotatable bonds is 6. The Morgan fingerprint density at radius 3 is 2.24 bits per heavy atom. The number of furan rings is 1. The van der Waals surface area contributed by atoms with Crippen LogP contribution in [0.3, 0.4) is 0 Å². The smallest absolute Gasteiger partial charge is 0.287 e. The van der Waals surface area contributed by atoms with E-state index in [0.717, 1.165) is 5.56 Å². The molecule has 1 aliphatic heterocycles. The Morgan fingerprint density at radius 2 is 1.69 bits per heavy atom. The molecule has 9 nitrogen and oxygen atoms in total.